The van der Waals surface area contributed by atoms with Crippen LogP contribution in [0.2, 0.25) is 0 Å². The number of thiophene rings is 1. The number of hydrogen-bond acceptors (Lipinski definition) is 4. The van der Waals surface area contributed by atoms with E-state index in [2.05, 4.69) is 26.8 Å². The van der Waals surface area contributed by atoms with Gasteiger partial charge in [-0.15, -0.1) is 11.3 Å². The lowest BCUT2D eigenvalue weighted by Crippen LogP contribution is -2.50. The van der Waals surface area contributed by atoms with E-state index in [0.29, 0.717) is 5.75 Å². The number of rotatable bonds is 1. The van der Waals surface area contributed by atoms with E-state index in [1.165, 1.54) is 4.31 Å². The van der Waals surface area contributed by atoms with Gasteiger partial charge in [0.1, 0.15) is 5.54 Å². The van der Waals surface area contributed by atoms with Crippen LogP contribution in [-0.4, -0.2) is 33.1 Å². The second-order valence-electron chi connectivity index (χ2n) is 4.26. The molecule has 4 nitrogen and oxygen atoms in total. The number of aliphatic imine (C=N–C) groups is 1. The van der Waals surface area contributed by atoms with Crippen molar-refractivity contribution in [3.05, 3.63) is 20.8 Å². The smallest absolute Gasteiger partial charge is 0.203 e. The summed E-state index contributed by atoms with van der Waals surface area (Å²) in [5.41, 5.74) is 5.27. The zero-order chi connectivity index (χ0) is 12.8. The maximum atomic E-state index is 12.4. The third-order valence-electron chi connectivity index (χ3n) is 2.79. The first-order valence-corrected chi connectivity index (χ1v) is 8.41. The van der Waals surface area contributed by atoms with E-state index < -0.39 is 15.2 Å². The van der Waals surface area contributed by atoms with Crippen molar-refractivity contribution >= 4 is 48.8 Å². The fraction of sp³-hybridized carbons (Fsp3) is 0.400. The molecule has 0 spiro atoms. The Balaban J connectivity index is 2.53. The number of hydrogen-bond donors (Lipinski definition) is 1. The van der Waals surface area contributed by atoms with Crippen LogP contribution in [0.5, 0.6) is 0 Å². The molecule has 1 aromatic rings. The Labute approximate surface area is 114 Å². The Hall–Kier alpha value is -0.530. The van der Waals surface area contributed by atoms with Gasteiger partial charge in [0.25, 0.3) is 0 Å². The van der Waals surface area contributed by atoms with Gasteiger partial charge < -0.3 is 5.73 Å². The van der Waals surface area contributed by atoms with Gasteiger partial charge in [0.15, 0.2) is 0 Å². The molecule has 0 aromatic carbocycles. The monoisotopic (exact) mass is 335 g/mol. The first-order valence-electron chi connectivity index (χ1n) is 4.94. The van der Waals surface area contributed by atoms with Crippen molar-refractivity contribution in [1.29, 1.82) is 0 Å². The van der Waals surface area contributed by atoms with Crippen molar-refractivity contribution in [2.75, 3.05) is 12.8 Å². The van der Waals surface area contributed by atoms with Crippen LogP contribution in [0.25, 0.3) is 0 Å². The lowest BCUT2D eigenvalue weighted by molar-refractivity contribution is 0.522. The van der Waals surface area contributed by atoms with Crippen LogP contribution in [-0.2, 0) is 15.2 Å². The van der Waals surface area contributed by atoms with Gasteiger partial charge in [-0.3, -0.25) is 4.31 Å². The minimum absolute atomic E-state index is 0.281. The molecule has 1 unspecified atom stereocenters. The molecule has 2 N–H and O–H groups in total. The van der Waals surface area contributed by atoms with Gasteiger partial charge >= 0.3 is 0 Å². The molecular weight excluding hydrogens is 322 g/mol. The van der Waals surface area contributed by atoms with Gasteiger partial charge in [-0.1, -0.05) is 0 Å². The Bertz CT molecular complexity index is 578. The summed E-state index contributed by atoms with van der Waals surface area (Å²) in [6.07, 6.45) is 0. The maximum absolute atomic E-state index is 12.4. The third-order valence-corrected chi connectivity index (χ3v) is 6.87. The van der Waals surface area contributed by atoms with Crippen LogP contribution in [0.3, 0.4) is 0 Å². The molecule has 94 valence electrons. The lowest BCUT2D eigenvalue weighted by Gasteiger charge is -2.36. The maximum Gasteiger partial charge on any atom is 0.203 e. The molecule has 7 heteroatoms. The van der Waals surface area contributed by atoms with E-state index in [-0.39, 0.29) is 5.96 Å². The summed E-state index contributed by atoms with van der Waals surface area (Å²) in [6.45, 7) is 1.94. The number of guanidine groups is 1. The quantitative estimate of drug-likeness (QED) is 0.793. The summed E-state index contributed by atoms with van der Waals surface area (Å²) in [7, 11) is -0.723. The van der Waals surface area contributed by atoms with E-state index in [1.54, 1.807) is 18.4 Å². The molecule has 2 heterocycles. The first kappa shape index (κ1) is 12.9. The zero-order valence-electron chi connectivity index (χ0n) is 9.64. The van der Waals surface area contributed by atoms with Crippen molar-refractivity contribution < 1.29 is 4.21 Å². The fourth-order valence-electron chi connectivity index (χ4n) is 1.79. The predicted molar refractivity (Wildman–Crippen MR) is 78.9 cm³/mol. The zero-order valence-corrected chi connectivity index (χ0v) is 12.9. The summed E-state index contributed by atoms with van der Waals surface area (Å²) >= 11 is 5.00. The van der Waals surface area contributed by atoms with Crippen LogP contribution in [0.4, 0.5) is 0 Å². The molecule has 0 saturated heterocycles. The van der Waals surface area contributed by atoms with Crippen molar-refractivity contribution in [3.8, 4) is 0 Å². The average molecular weight is 336 g/mol. The van der Waals surface area contributed by atoms with Gasteiger partial charge in [-0.2, -0.15) is 0 Å². The fourth-order valence-corrected chi connectivity index (χ4v) is 5.03. The molecule has 1 aliphatic rings. The summed E-state index contributed by atoms with van der Waals surface area (Å²) in [4.78, 5) is 5.50. The number of halogens is 1. The molecule has 2 rings (SSSR count). The highest BCUT2D eigenvalue weighted by Crippen LogP contribution is 2.37. The lowest BCUT2D eigenvalue weighted by atomic mass is 10.0. The summed E-state index contributed by atoms with van der Waals surface area (Å²) in [6, 6.07) is 3.94. The van der Waals surface area contributed by atoms with Crippen LogP contribution in [0.1, 0.15) is 11.8 Å². The van der Waals surface area contributed by atoms with Crippen molar-refractivity contribution in [1.82, 2.24) is 4.31 Å². The molecule has 0 aliphatic carbocycles. The minimum atomic E-state index is -2.39. The average Bonchev–Trinajstić information content (AvgIpc) is 2.61. The SMILES string of the molecule is C=S1(=O)C[C@@](C)(c2ccc(Br)s2)N=C(N)N1C. The highest BCUT2D eigenvalue weighted by molar-refractivity contribution is 9.11. The van der Waals surface area contributed by atoms with Gasteiger partial charge in [0, 0.05) is 11.9 Å². The normalized spacial score (nSPS) is 33.6. The molecule has 0 amide bonds. The predicted octanol–water partition coefficient (Wildman–Crippen LogP) is 1.62. The Morgan fingerprint density at radius 3 is 2.82 bits per heavy atom. The second-order valence-corrected chi connectivity index (χ2v) is 9.11. The van der Waals surface area contributed by atoms with Gasteiger partial charge in [0.05, 0.1) is 19.2 Å². The van der Waals surface area contributed by atoms with E-state index in [9.17, 15) is 4.21 Å². The highest BCUT2D eigenvalue weighted by atomic mass is 79.9. The van der Waals surface area contributed by atoms with E-state index in [0.717, 1.165) is 8.66 Å². The third kappa shape index (κ3) is 2.23. The van der Waals surface area contributed by atoms with Crippen LogP contribution < -0.4 is 5.73 Å². The topological polar surface area (TPSA) is 58.7 Å². The van der Waals surface area contributed by atoms with Crippen LogP contribution >= 0.6 is 27.3 Å². The van der Waals surface area contributed by atoms with Gasteiger partial charge in [-0.05, 0) is 40.9 Å². The van der Waals surface area contributed by atoms with Crippen molar-refractivity contribution in [2.24, 2.45) is 10.7 Å². The molecule has 1 aromatic heterocycles. The molecule has 0 fully saturated rings. The second kappa shape index (κ2) is 4.00. The summed E-state index contributed by atoms with van der Waals surface area (Å²) in [5, 5.41) is 0. The molecule has 0 saturated carbocycles. The van der Waals surface area contributed by atoms with Crippen LogP contribution in [0, 0.1) is 0 Å². The minimum Gasteiger partial charge on any atom is -0.369 e. The van der Waals surface area contributed by atoms with Gasteiger partial charge in [0.2, 0.25) is 5.96 Å². The Morgan fingerprint density at radius 2 is 2.35 bits per heavy atom. The first-order chi connectivity index (χ1) is 7.74. The molecule has 0 bridgehead atoms. The van der Waals surface area contributed by atoms with E-state index >= 15 is 0 Å². The van der Waals surface area contributed by atoms with Gasteiger partial charge in [-0.25, -0.2) is 9.20 Å². The van der Waals surface area contributed by atoms with Crippen molar-refractivity contribution in [3.63, 3.8) is 0 Å². The highest BCUT2D eigenvalue weighted by Gasteiger charge is 2.37. The van der Waals surface area contributed by atoms with Crippen LogP contribution in [0.15, 0.2) is 20.9 Å². The van der Waals surface area contributed by atoms with Crippen molar-refractivity contribution in [2.45, 2.75) is 12.5 Å². The molecule has 2 atom stereocenters. The van der Waals surface area contributed by atoms with E-state index in [1.807, 2.05) is 19.1 Å². The molecular formula is C10H14BrN3OS2. The Morgan fingerprint density at radius 1 is 1.71 bits per heavy atom. The van der Waals surface area contributed by atoms with E-state index in [4.69, 9.17) is 5.73 Å². The molecule has 1 aliphatic heterocycles. The molecule has 0 radical (unpaired) electrons. The summed E-state index contributed by atoms with van der Waals surface area (Å²) in [5.74, 6) is 4.43. The number of nitrogens with zero attached hydrogens (tertiary/aromatic N) is 2. The Kier molecular flexibility index (Phi) is 3.04. The largest absolute Gasteiger partial charge is 0.369 e. The summed E-state index contributed by atoms with van der Waals surface area (Å²) < 4.78 is 14.9. The standard InChI is InChI=1S/C10H14BrN3OS2/c1-10(7-4-5-8(11)16-7)6-17(3,15)14(2)9(12)13-10/h4-5H,3,6H2,1-2H3,(H2,12,13)/t10-,17?/m0/s1. The number of nitrogens with two attached hydrogens (primary N) is 1. The molecule has 17 heavy (non-hydrogen) atoms.